The lowest BCUT2D eigenvalue weighted by molar-refractivity contribution is 0.666. The molecule has 0 radical (unpaired) electrons. The van der Waals surface area contributed by atoms with Gasteiger partial charge in [-0.2, -0.15) is 0 Å². The SMILES string of the molecule is CC.CC1(C)c2ccc(-c3ccc4c(c3)-c3ccc5c6ccccc6c6ccccc6c5c3C4(C)C)cc2-c2ccc3c4ccccc4c4ccccc4c3c21.O. The molecule has 10 aromatic rings. The summed E-state index contributed by atoms with van der Waals surface area (Å²) in [5, 5.41) is 16.1. The minimum atomic E-state index is -0.136. The second-order valence-corrected chi connectivity index (χ2v) is 16.8. The van der Waals surface area contributed by atoms with Gasteiger partial charge >= 0.3 is 0 Å². The van der Waals surface area contributed by atoms with Crippen LogP contribution < -0.4 is 0 Å². The molecule has 0 fully saturated rings. The molecule has 0 unspecified atom stereocenters. The van der Waals surface area contributed by atoms with Crippen LogP contribution >= 0.6 is 0 Å². The van der Waals surface area contributed by atoms with Gasteiger partial charge in [0, 0.05) is 10.8 Å². The minimum Gasteiger partial charge on any atom is -0.412 e. The van der Waals surface area contributed by atoms with Gasteiger partial charge in [-0.3, -0.25) is 0 Å². The summed E-state index contributed by atoms with van der Waals surface area (Å²) in [6.07, 6.45) is 0. The Labute approximate surface area is 334 Å². The molecule has 0 saturated carbocycles. The molecule has 0 spiro atoms. The molecule has 0 atom stereocenters. The van der Waals surface area contributed by atoms with Crippen molar-refractivity contribution in [3.05, 3.63) is 180 Å². The van der Waals surface area contributed by atoms with Crippen molar-refractivity contribution in [2.45, 2.75) is 52.4 Å². The largest absolute Gasteiger partial charge is 0.412 e. The standard InChI is InChI=1S/C54H38.C2H6.H2O/c1-53(2)47-27-21-31(29-45(47)43-25-23-41-37-17-7-5-13-33(37)35-15-9-11-19-39(35)49(41)51(43)53)32-22-28-48-46(30-32)44-26-24-42-38-18-8-6-14-34(38)36-16-10-12-20-40(36)50(42)52(44)54(48,3)4;1-2;/h5-30H,1-4H3;1-2H3;1H2. The van der Waals surface area contributed by atoms with Gasteiger partial charge in [0.2, 0.25) is 0 Å². The molecular formula is C56H46O. The summed E-state index contributed by atoms with van der Waals surface area (Å²) in [6.45, 7) is 13.7. The van der Waals surface area contributed by atoms with Crippen LogP contribution in [0, 0.1) is 0 Å². The highest BCUT2D eigenvalue weighted by Crippen LogP contribution is 2.56. The van der Waals surface area contributed by atoms with Crippen molar-refractivity contribution in [1.29, 1.82) is 0 Å². The van der Waals surface area contributed by atoms with Crippen LogP contribution in [0.4, 0.5) is 0 Å². The zero-order valence-electron chi connectivity index (χ0n) is 33.5. The molecule has 0 bridgehead atoms. The van der Waals surface area contributed by atoms with E-state index in [2.05, 4.69) is 185 Å². The van der Waals surface area contributed by atoms with Crippen LogP contribution in [0.3, 0.4) is 0 Å². The maximum atomic E-state index is 2.47. The first-order valence-corrected chi connectivity index (χ1v) is 20.4. The van der Waals surface area contributed by atoms with Crippen LogP contribution in [0.25, 0.3) is 98.0 Å². The van der Waals surface area contributed by atoms with Gasteiger partial charge in [-0.05, 0) is 132 Å². The average molecular weight is 735 g/mol. The molecule has 0 aromatic heterocycles. The topological polar surface area (TPSA) is 31.5 Å². The van der Waals surface area contributed by atoms with E-state index >= 15 is 0 Å². The smallest absolute Gasteiger partial charge is 0.0165 e. The van der Waals surface area contributed by atoms with Crippen molar-refractivity contribution >= 4 is 64.6 Å². The van der Waals surface area contributed by atoms with Crippen molar-refractivity contribution in [3.63, 3.8) is 0 Å². The van der Waals surface area contributed by atoms with Gasteiger partial charge in [0.05, 0.1) is 0 Å². The second kappa shape index (κ2) is 12.4. The third-order valence-corrected chi connectivity index (χ3v) is 13.4. The predicted molar refractivity (Wildman–Crippen MR) is 247 cm³/mol. The molecule has 10 aromatic carbocycles. The van der Waals surface area contributed by atoms with Crippen molar-refractivity contribution in [2.75, 3.05) is 0 Å². The van der Waals surface area contributed by atoms with Gasteiger partial charge in [0.15, 0.2) is 0 Å². The van der Waals surface area contributed by atoms with Gasteiger partial charge in [0.1, 0.15) is 0 Å². The Kier molecular flexibility index (Phi) is 7.62. The van der Waals surface area contributed by atoms with Crippen LogP contribution in [0.15, 0.2) is 158 Å². The third-order valence-electron chi connectivity index (χ3n) is 13.4. The molecule has 2 N–H and O–H groups in total. The fourth-order valence-corrected chi connectivity index (χ4v) is 11.0. The molecule has 0 aliphatic heterocycles. The summed E-state index contributed by atoms with van der Waals surface area (Å²) in [5.74, 6) is 0. The van der Waals surface area contributed by atoms with Gasteiger partial charge in [-0.1, -0.05) is 187 Å². The normalized spacial score (nSPS) is 14.3. The fourth-order valence-electron chi connectivity index (χ4n) is 11.0. The van der Waals surface area contributed by atoms with E-state index in [0.29, 0.717) is 0 Å². The van der Waals surface area contributed by atoms with Crippen LogP contribution in [0.2, 0.25) is 0 Å². The summed E-state index contributed by atoms with van der Waals surface area (Å²) in [4.78, 5) is 0. The third kappa shape index (κ3) is 4.55. The second-order valence-electron chi connectivity index (χ2n) is 16.8. The predicted octanol–water partition coefficient (Wildman–Crippen LogP) is 15.1. The number of hydrogen-bond donors (Lipinski definition) is 0. The van der Waals surface area contributed by atoms with Crippen molar-refractivity contribution in [3.8, 4) is 33.4 Å². The van der Waals surface area contributed by atoms with E-state index < -0.39 is 0 Å². The van der Waals surface area contributed by atoms with E-state index in [1.54, 1.807) is 0 Å². The molecule has 1 nitrogen and oxygen atoms in total. The van der Waals surface area contributed by atoms with Crippen LogP contribution in [-0.2, 0) is 10.8 Å². The number of hydrogen-bond acceptors (Lipinski definition) is 0. The van der Waals surface area contributed by atoms with Gasteiger partial charge < -0.3 is 5.48 Å². The maximum Gasteiger partial charge on any atom is 0.0165 e. The maximum absolute atomic E-state index is 2.47. The molecule has 12 rings (SSSR count). The van der Waals surface area contributed by atoms with Crippen LogP contribution in [0.5, 0.6) is 0 Å². The van der Waals surface area contributed by atoms with Crippen molar-refractivity contribution < 1.29 is 5.48 Å². The quantitative estimate of drug-likeness (QED) is 0.150. The molecule has 57 heavy (non-hydrogen) atoms. The first kappa shape index (κ1) is 35.2. The first-order chi connectivity index (χ1) is 27.3. The highest BCUT2D eigenvalue weighted by Gasteiger charge is 2.39. The van der Waals surface area contributed by atoms with Gasteiger partial charge in [-0.15, -0.1) is 0 Å². The Morgan fingerprint density at radius 1 is 0.298 bits per heavy atom. The van der Waals surface area contributed by atoms with Crippen molar-refractivity contribution in [2.24, 2.45) is 0 Å². The first-order valence-electron chi connectivity index (χ1n) is 20.4. The fraction of sp³-hybridized carbons (Fsp3) is 0.143. The van der Waals surface area contributed by atoms with E-state index in [4.69, 9.17) is 0 Å². The lowest BCUT2D eigenvalue weighted by Crippen LogP contribution is -2.16. The molecule has 2 aliphatic carbocycles. The van der Waals surface area contributed by atoms with Crippen LogP contribution in [0.1, 0.15) is 63.8 Å². The Bertz CT molecular complexity index is 3030. The monoisotopic (exact) mass is 734 g/mol. The van der Waals surface area contributed by atoms with E-state index in [9.17, 15) is 0 Å². The highest BCUT2D eigenvalue weighted by atomic mass is 16.0. The number of fused-ring (bicyclic) bond motifs is 20. The Morgan fingerprint density at radius 2 is 0.579 bits per heavy atom. The Balaban J connectivity index is 0.00000130. The summed E-state index contributed by atoms with van der Waals surface area (Å²) >= 11 is 0. The number of rotatable bonds is 1. The molecule has 0 heterocycles. The highest BCUT2D eigenvalue weighted by molar-refractivity contribution is 6.29. The zero-order valence-corrected chi connectivity index (χ0v) is 33.5. The molecular weight excluding hydrogens is 689 g/mol. The van der Waals surface area contributed by atoms with E-state index in [-0.39, 0.29) is 16.3 Å². The summed E-state index contributed by atoms with van der Waals surface area (Å²) in [6, 6.07) is 59.9. The minimum absolute atomic E-state index is 0. The van der Waals surface area contributed by atoms with E-state index in [1.807, 2.05) is 13.8 Å². The molecule has 0 amide bonds. The molecule has 0 saturated heterocycles. The van der Waals surface area contributed by atoms with Gasteiger partial charge in [-0.25, -0.2) is 0 Å². The molecule has 2 aliphatic rings. The summed E-state index contributed by atoms with van der Waals surface area (Å²) < 4.78 is 0. The zero-order chi connectivity index (χ0) is 38.1. The lowest BCUT2D eigenvalue weighted by atomic mass is 9.78. The van der Waals surface area contributed by atoms with Gasteiger partial charge in [0.25, 0.3) is 0 Å². The lowest BCUT2D eigenvalue weighted by Gasteiger charge is -2.25. The van der Waals surface area contributed by atoms with Crippen molar-refractivity contribution in [1.82, 2.24) is 0 Å². The number of benzene rings is 10. The molecule has 1 heteroatoms. The van der Waals surface area contributed by atoms with E-state index in [1.165, 1.54) is 120 Å². The molecule has 276 valence electrons. The summed E-state index contributed by atoms with van der Waals surface area (Å²) in [7, 11) is 0. The Morgan fingerprint density at radius 3 is 0.912 bits per heavy atom. The average Bonchev–Trinajstić information content (AvgIpc) is 3.63. The summed E-state index contributed by atoms with van der Waals surface area (Å²) in [5.41, 5.74) is 13.4. The Hall–Kier alpha value is -6.28. The van der Waals surface area contributed by atoms with E-state index in [0.717, 1.165) is 0 Å². The van der Waals surface area contributed by atoms with Crippen LogP contribution in [-0.4, -0.2) is 5.48 Å².